The molecule has 0 saturated heterocycles. The maximum Gasteiger partial charge on any atom is 0.250 e. The quantitative estimate of drug-likeness (QED) is 0.871. The lowest BCUT2D eigenvalue weighted by Gasteiger charge is -2.10. The third kappa shape index (κ3) is 2.97. The lowest BCUT2D eigenvalue weighted by molar-refractivity contribution is 0.222. The Bertz CT molecular complexity index is 335. The van der Waals surface area contributed by atoms with E-state index in [4.69, 9.17) is 5.11 Å². The van der Waals surface area contributed by atoms with Gasteiger partial charge in [-0.25, -0.2) is 0 Å². The Hall–Kier alpha value is -0.610. The summed E-state index contributed by atoms with van der Waals surface area (Å²) in [7, 11) is 0. The highest BCUT2D eigenvalue weighted by Gasteiger charge is 2.02. The van der Waals surface area contributed by atoms with Gasteiger partial charge in [0.05, 0.1) is 0 Å². The van der Waals surface area contributed by atoms with Crippen LogP contribution in [0.15, 0.2) is 27.6 Å². The van der Waals surface area contributed by atoms with Gasteiger partial charge in [0.2, 0.25) is 0 Å². The van der Waals surface area contributed by atoms with Crippen LogP contribution in [0, 0.1) is 5.92 Å². The van der Waals surface area contributed by atoms with Crippen LogP contribution in [0.2, 0.25) is 0 Å². The van der Waals surface area contributed by atoms with Crippen molar-refractivity contribution in [2.45, 2.75) is 13.5 Å². The van der Waals surface area contributed by atoms with Gasteiger partial charge in [-0.15, -0.1) is 0 Å². The number of hydrogen-bond donors (Lipinski definition) is 1. The molecule has 0 saturated carbocycles. The van der Waals surface area contributed by atoms with Crippen LogP contribution in [0.25, 0.3) is 0 Å². The molecule has 0 aliphatic heterocycles. The third-order valence-corrected chi connectivity index (χ3v) is 2.24. The van der Waals surface area contributed by atoms with Crippen LogP contribution in [-0.2, 0) is 6.54 Å². The highest BCUT2D eigenvalue weighted by atomic mass is 79.9. The fourth-order valence-electron chi connectivity index (χ4n) is 1.04. The standard InChI is InChI=1S/C9H12BrNO2/c1-7(6-12)4-11-5-8(10)2-3-9(11)13/h2-3,5,7,12H,4,6H2,1H3. The maximum absolute atomic E-state index is 11.3. The van der Waals surface area contributed by atoms with Crippen molar-refractivity contribution in [1.29, 1.82) is 0 Å². The smallest absolute Gasteiger partial charge is 0.250 e. The van der Waals surface area contributed by atoms with E-state index in [1.165, 1.54) is 6.07 Å². The predicted octanol–water partition coefficient (Wildman–Crippen LogP) is 1.24. The van der Waals surface area contributed by atoms with Gasteiger partial charge in [-0.05, 0) is 27.9 Å². The summed E-state index contributed by atoms with van der Waals surface area (Å²) in [4.78, 5) is 11.3. The number of aliphatic hydroxyl groups is 1. The summed E-state index contributed by atoms with van der Waals surface area (Å²) in [6.07, 6.45) is 1.73. The number of halogens is 1. The monoisotopic (exact) mass is 245 g/mol. The number of aliphatic hydroxyl groups excluding tert-OH is 1. The topological polar surface area (TPSA) is 42.2 Å². The van der Waals surface area contributed by atoms with Crippen molar-refractivity contribution >= 4 is 15.9 Å². The van der Waals surface area contributed by atoms with Crippen LogP contribution < -0.4 is 5.56 Å². The van der Waals surface area contributed by atoms with Gasteiger partial charge in [-0.1, -0.05) is 6.92 Å². The summed E-state index contributed by atoms with van der Waals surface area (Å²) in [5.74, 6) is 0.104. The summed E-state index contributed by atoms with van der Waals surface area (Å²) < 4.78 is 2.46. The molecule has 0 spiro atoms. The zero-order valence-corrected chi connectivity index (χ0v) is 8.99. The SMILES string of the molecule is CC(CO)Cn1cc(Br)ccc1=O. The van der Waals surface area contributed by atoms with E-state index in [2.05, 4.69) is 15.9 Å². The first kappa shape index (κ1) is 10.5. The Labute approximate surface area is 85.1 Å². The molecule has 13 heavy (non-hydrogen) atoms. The molecule has 0 amide bonds. The maximum atomic E-state index is 11.3. The number of pyridine rings is 1. The van der Waals surface area contributed by atoms with Gasteiger partial charge in [0, 0.05) is 29.9 Å². The van der Waals surface area contributed by atoms with Crippen molar-refractivity contribution in [3.8, 4) is 0 Å². The van der Waals surface area contributed by atoms with Gasteiger partial charge in [0.1, 0.15) is 0 Å². The van der Waals surface area contributed by atoms with Crippen LogP contribution in [0.1, 0.15) is 6.92 Å². The van der Waals surface area contributed by atoms with E-state index in [9.17, 15) is 4.79 Å². The van der Waals surface area contributed by atoms with E-state index in [1.807, 2.05) is 6.92 Å². The van der Waals surface area contributed by atoms with Gasteiger partial charge in [-0.2, -0.15) is 0 Å². The van der Waals surface area contributed by atoms with Gasteiger partial charge in [0.15, 0.2) is 0 Å². The predicted molar refractivity (Wildman–Crippen MR) is 54.7 cm³/mol. The average molecular weight is 246 g/mol. The zero-order valence-electron chi connectivity index (χ0n) is 7.40. The molecule has 0 fully saturated rings. The molecule has 0 bridgehead atoms. The molecule has 0 aromatic carbocycles. The molecule has 0 radical (unpaired) electrons. The summed E-state index contributed by atoms with van der Waals surface area (Å²) in [6, 6.07) is 3.22. The molecule has 72 valence electrons. The molecule has 1 N–H and O–H groups in total. The largest absolute Gasteiger partial charge is 0.396 e. The second-order valence-corrected chi connectivity index (χ2v) is 4.04. The fraction of sp³-hybridized carbons (Fsp3) is 0.444. The summed E-state index contributed by atoms with van der Waals surface area (Å²) in [6.45, 7) is 2.54. The molecule has 0 aliphatic carbocycles. The second-order valence-electron chi connectivity index (χ2n) is 3.13. The van der Waals surface area contributed by atoms with E-state index >= 15 is 0 Å². The minimum Gasteiger partial charge on any atom is -0.396 e. The fourth-order valence-corrected chi connectivity index (χ4v) is 1.42. The molecule has 3 nitrogen and oxygen atoms in total. The molecule has 0 aliphatic rings. The van der Waals surface area contributed by atoms with Crippen molar-refractivity contribution in [2.24, 2.45) is 5.92 Å². The number of rotatable bonds is 3. The first-order valence-corrected chi connectivity index (χ1v) is 4.89. The Morgan fingerprint density at radius 3 is 2.92 bits per heavy atom. The summed E-state index contributed by atoms with van der Waals surface area (Å²) >= 11 is 3.29. The minimum absolute atomic E-state index is 0.0384. The summed E-state index contributed by atoms with van der Waals surface area (Å²) in [5.41, 5.74) is -0.0384. The number of hydrogen-bond acceptors (Lipinski definition) is 2. The molecule has 1 rings (SSSR count). The van der Waals surface area contributed by atoms with Crippen molar-refractivity contribution < 1.29 is 5.11 Å². The van der Waals surface area contributed by atoms with E-state index in [0.29, 0.717) is 6.54 Å². The van der Waals surface area contributed by atoms with E-state index in [0.717, 1.165) is 4.47 Å². The molecule has 4 heteroatoms. The molecule has 1 heterocycles. The van der Waals surface area contributed by atoms with Crippen LogP contribution in [0.4, 0.5) is 0 Å². The van der Waals surface area contributed by atoms with Crippen molar-refractivity contribution in [2.75, 3.05) is 6.61 Å². The zero-order chi connectivity index (χ0) is 9.84. The van der Waals surface area contributed by atoms with Gasteiger partial charge in [0.25, 0.3) is 5.56 Å². The molecular weight excluding hydrogens is 234 g/mol. The Kier molecular flexibility index (Phi) is 3.69. The molecule has 1 aromatic heterocycles. The number of nitrogens with zero attached hydrogens (tertiary/aromatic N) is 1. The van der Waals surface area contributed by atoms with Crippen LogP contribution >= 0.6 is 15.9 Å². The first-order valence-electron chi connectivity index (χ1n) is 4.10. The Morgan fingerprint density at radius 1 is 1.62 bits per heavy atom. The van der Waals surface area contributed by atoms with Crippen molar-refractivity contribution in [3.05, 3.63) is 33.2 Å². The lowest BCUT2D eigenvalue weighted by atomic mass is 10.2. The Morgan fingerprint density at radius 2 is 2.31 bits per heavy atom. The first-order chi connectivity index (χ1) is 6.13. The van der Waals surface area contributed by atoms with Crippen molar-refractivity contribution in [3.63, 3.8) is 0 Å². The van der Waals surface area contributed by atoms with Crippen molar-refractivity contribution in [1.82, 2.24) is 4.57 Å². The normalized spacial score (nSPS) is 12.8. The van der Waals surface area contributed by atoms with Gasteiger partial charge >= 0.3 is 0 Å². The number of aromatic nitrogens is 1. The van der Waals surface area contributed by atoms with E-state index < -0.39 is 0 Å². The molecule has 1 atom stereocenters. The highest BCUT2D eigenvalue weighted by molar-refractivity contribution is 9.10. The van der Waals surface area contributed by atoms with Gasteiger partial charge in [-0.3, -0.25) is 4.79 Å². The van der Waals surface area contributed by atoms with Gasteiger partial charge < -0.3 is 9.67 Å². The highest BCUT2D eigenvalue weighted by Crippen LogP contribution is 2.06. The van der Waals surface area contributed by atoms with Crippen LogP contribution in [0.3, 0.4) is 0 Å². The summed E-state index contributed by atoms with van der Waals surface area (Å²) in [5, 5.41) is 8.83. The second kappa shape index (κ2) is 4.58. The average Bonchev–Trinajstić information content (AvgIpc) is 2.11. The van der Waals surface area contributed by atoms with E-state index in [1.54, 1.807) is 16.8 Å². The lowest BCUT2D eigenvalue weighted by Crippen LogP contribution is -2.22. The van der Waals surface area contributed by atoms with Crippen LogP contribution in [0.5, 0.6) is 0 Å². The molecule has 1 unspecified atom stereocenters. The molecular formula is C9H12BrNO2. The van der Waals surface area contributed by atoms with Crippen LogP contribution in [-0.4, -0.2) is 16.3 Å². The van der Waals surface area contributed by atoms with E-state index in [-0.39, 0.29) is 18.1 Å². The molecule has 1 aromatic rings. The third-order valence-electron chi connectivity index (χ3n) is 1.77. The minimum atomic E-state index is -0.0384. The Balaban J connectivity index is 2.87.